The number of ether oxygens (including phenoxy) is 1. The van der Waals surface area contributed by atoms with Crippen molar-refractivity contribution in [1.29, 1.82) is 0 Å². The summed E-state index contributed by atoms with van der Waals surface area (Å²) in [6.07, 6.45) is 10.1. The van der Waals surface area contributed by atoms with Crippen molar-refractivity contribution in [2.24, 2.45) is 17.8 Å². The summed E-state index contributed by atoms with van der Waals surface area (Å²) in [5.41, 5.74) is 0.394. The van der Waals surface area contributed by atoms with Crippen LogP contribution >= 0.6 is 0 Å². The highest BCUT2D eigenvalue weighted by Gasteiger charge is 2.33. The van der Waals surface area contributed by atoms with Crippen molar-refractivity contribution < 1.29 is 26.7 Å². The van der Waals surface area contributed by atoms with E-state index in [1.54, 1.807) is 6.92 Å². The lowest BCUT2D eigenvalue weighted by Crippen LogP contribution is -2.25. The number of hydrogen-bond donors (Lipinski definition) is 0. The Bertz CT molecular complexity index is 981. The van der Waals surface area contributed by atoms with Crippen molar-refractivity contribution >= 4 is 0 Å². The minimum Gasteiger partial charge on any atom is -0.456 e. The second-order valence-corrected chi connectivity index (χ2v) is 9.93. The third-order valence-corrected chi connectivity index (χ3v) is 8.07. The fraction of sp³-hybridized carbons (Fsp3) is 0.571. The average molecular weight is 480 g/mol. The van der Waals surface area contributed by atoms with Crippen LogP contribution in [0.2, 0.25) is 0 Å². The first kappa shape index (κ1) is 25.0. The largest absolute Gasteiger partial charge is 0.456 e. The molecule has 2 saturated carbocycles. The molecular weight excluding hydrogens is 447 g/mol. The minimum absolute atomic E-state index is 0.00333. The summed E-state index contributed by atoms with van der Waals surface area (Å²) in [4.78, 5) is 0. The molecule has 2 fully saturated rings. The van der Waals surface area contributed by atoms with E-state index in [9.17, 15) is 22.0 Å². The van der Waals surface area contributed by atoms with E-state index >= 15 is 0 Å². The Morgan fingerprint density at radius 2 is 1.35 bits per heavy atom. The van der Waals surface area contributed by atoms with Gasteiger partial charge in [-0.25, -0.2) is 22.0 Å². The summed E-state index contributed by atoms with van der Waals surface area (Å²) in [6, 6.07) is 3.96. The molecule has 0 amide bonds. The summed E-state index contributed by atoms with van der Waals surface area (Å²) < 4.78 is 75.7. The monoisotopic (exact) mass is 479 g/mol. The first-order valence-electron chi connectivity index (χ1n) is 12.6. The molecule has 34 heavy (non-hydrogen) atoms. The molecule has 185 valence electrons. The van der Waals surface area contributed by atoms with E-state index in [-0.39, 0.29) is 29.4 Å². The molecule has 0 heterocycles. The van der Waals surface area contributed by atoms with Gasteiger partial charge in [0.25, 0.3) is 0 Å². The molecule has 1 radical (unpaired) electrons. The van der Waals surface area contributed by atoms with Crippen molar-refractivity contribution in [3.8, 4) is 11.5 Å². The minimum atomic E-state index is -1.61. The Morgan fingerprint density at radius 3 is 1.88 bits per heavy atom. The van der Waals surface area contributed by atoms with Gasteiger partial charge in [0.2, 0.25) is 0 Å². The van der Waals surface area contributed by atoms with Crippen molar-refractivity contribution in [3.63, 3.8) is 0 Å². The van der Waals surface area contributed by atoms with E-state index in [1.807, 2.05) is 0 Å². The third kappa shape index (κ3) is 5.11. The van der Waals surface area contributed by atoms with E-state index < -0.39 is 29.1 Å². The highest BCUT2D eigenvalue weighted by atomic mass is 19.2. The molecule has 0 bridgehead atoms. The second kappa shape index (κ2) is 10.7. The molecule has 2 aromatic rings. The summed E-state index contributed by atoms with van der Waals surface area (Å²) in [6.45, 7) is 3.91. The van der Waals surface area contributed by atoms with Gasteiger partial charge < -0.3 is 4.74 Å². The van der Waals surface area contributed by atoms with Crippen LogP contribution in [0.4, 0.5) is 22.0 Å². The quantitative estimate of drug-likeness (QED) is 0.297. The summed E-state index contributed by atoms with van der Waals surface area (Å²) in [5.74, 6) is -4.70. The fourth-order valence-electron chi connectivity index (χ4n) is 6.00. The van der Waals surface area contributed by atoms with Gasteiger partial charge in [0.15, 0.2) is 29.1 Å². The van der Waals surface area contributed by atoms with Crippen LogP contribution in [0.5, 0.6) is 11.5 Å². The highest BCUT2D eigenvalue weighted by Crippen LogP contribution is 2.47. The predicted octanol–water partition coefficient (Wildman–Crippen LogP) is 9.03. The molecule has 1 nitrogen and oxygen atoms in total. The van der Waals surface area contributed by atoms with Gasteiger partial charge in [0.1, 0.15) is 11.5 Å². The molecule has 0 N–H and O–H groups in total. The Kier molecular flexibility index (Phi) is 7.83. The second-order valence-electron chi connectivity index (χ2n) is 9.93. The predicted molar refractivity (Wildman–Crippen MR) is 121 cm³/mol. The van der Waals surface area contributed by atoms with Crippen LogP contribution in [-0.2, 0) is 6.42 Å². The number of halogens is 5. The molecule has 0 aromatic heterocycles. The van der Waals surface area contributed by atoms with E-state index in [4.69, 9.17) is 4.74 Å². The Hall–Kier alpha value is -2.11. The fourth-order valence-corrected chi connectivity index (χ4v) is 6.00. The van der Waals surface area contributed by atoms with Gasteiger partial charge in [-0.2, -0.15) is 0 Å². The standard InChI is InChI=1S/C28H32F5O/c1-3-16-5-7-17(8-6-16)18-9-11-19(12-10-18)22-15-25(31)26(32)21(4-2)28(22)34-20-13-23(29)27(33)24(30)14-20/h13-14,16-19H,3-12H2,1-2H3/t16-,17-,18-,19-. The van der Waals surface area contributed by atoms with Crippen LogP contribution in [0.25, 0.3) is 0 Å². The molecule has 0 saturated heterocycles. The smallest absolute Gasteiger partial charge is 0.194 e. The SMILES string of the molecule is CCc1c(F)c(F)[c]c([C@H]2CC[C@H]([C@H]3CC[C@H](CC)CC3)CC2)c1Oc1cc(F)c(F)c(F)c1. The van der Waals surface area contributed by atoms with Gasteiger partial charge >= 0.3 is 0 Å². The molecule has 2 aliphatic rings. The third-order valence-electron chi connectivity index (χ3n) is 8.07. The zero-order valence-electron chi connectivity index (χ0n) is 19.8. The molecule has 6 heteroatoms. The number of rotatable bonds is 6. The lowest BCUT2D eigenvalue weighted by Gasteiger charge is -2.38. The topological polar surface area (TPSA) is 9.23 Å². The maximum Gasteiger partial charge on any atom is 0.194 e. The first-order chi connectivity index (χ1) is 16.3. The number of hydrogen-bond acceptors (Lipinski definition) is 1. The van der Waals surface area contributed by atoms with Crippen LogP contribution in [-0.4, -0.2) is 0 Å². The van der Waals surface area contributed by atoms with Gasteiger partial charge in [-0.3, -0.25) is 0 Å². The molecule has 0 spiro atoms. The zero-order valence-corrected chi connectivity index (χ0v) is 19.8. The molecule has 0 aliphatic heterocycles. The van der Waals surface area contributed by atoms with Gasteiger partial charge in [-0.1, -0.05) is 33.1 Å². The number of benzene rings is 2. The Morgan fingerprint density at radius 1 is 0.794 bits per heavy atom. The van der Waals surface area contributed by atoms with Crippen LogP contribution in [0.1, 0.15) is 88.7 Å². The first-order valence-corrected chi connectivity index (χ1v) is 12.6. The van der Waals surface area contributed by atoms with Crippen molar-refractivity contribution in [2.75, 3.05) is 0 Å². The van der Waals surface area contributed by atoms with E-state index in [1.165, 1.54) is 32.1 Å². The van der Waals surface area contributed by atoms with Crippen molar-refractivity contribution in [1.82, 2.24) is 0 Å². The van der Waals surface area contributed by atoms with E-state index in [0.29, 0.717) is 23.6 Å². The molecule has 0 unspecified atom stereocenters. The molecule has 4 rings (SSSR count). The van der Waals surface area contributed by atoms with Crippen LogP contribution in [0.15, 0.2) is 12.1 Å². The van der Waals surface area contributed by atoms with Gasteiger partial charge in [-0.05, 0) is 68.6 Å². The highest BCUT2D eigenvalue weighted by molar-refractivity contribution is 5.47. The molecule has 2 aromatic carbocycles. The summed E-state index contributed by atoms with van der Waals surface area (Å²) in [7, 11) is 0. The zero-order chi connectivity index (χ0) is 24.4. The van der Waals surface area contributed by atoms with Gasteiger partial charge in [0, 0.05) is 29.3 Å². The lowest BCUT2D eigenvalue weighted by atomic mass is 9.68. The van der Waals surface area contributed by atoms with Crippen LogP contribution < -0.4 is 4.74 Å². The van der Waals surface area contributed by atoms with Crippen LogP contribution in [0, 0.1) is 52.9 Å². The average Bonchev–Trinajstić information content (AvgIpc) is 2.85. The summed E-state index contributed by atoms with van der Waals surface area (Å²) >= 11 is 0. The van der Waals surface area contributed by atoms with E-state index in [2.05, 4.69) is 13.0 Å². The summed E-state index contributed by atoms with van der Waals surface area (Å²) in [5, 5.41) is 0. The Labute approximate surface area is 198 Å². The maximum absolute atomic E-state index is 14.6. The Balaban J connectivity index is 1.57. The lowest BCUT2D eigenvalue weighted by molar-refractivity contribution is 0.158. The maximum atomic E-state index is 14.6. The van der Waals surface area contributed by atoms with Gasteiger partial charge in [-0.15, -0.1) is 0 Å². The van der Waals surface area contributed by atoms with Crippen molar-refractivity contribution in [2.45, 2.75) is 84.0 Å². The van der Waals surface area contributed by atoms with Gasteiger partial charge in [0.05, 0.1) is 0 Å². The van der Waals surface area contributed by atoms with Crippen LogP contribution in [0.3, 0.4) is 0 Å². The van der Waals surface area contributed by atoms with E-state index in [0.717, 1.165) is 37.5 Å². The van der Waals surface area contributed by atoms with Crippen molar-refractivity contribution in [3.05, 3.63) is 58.4 Å². The normalized spacial score (nSPS) is 25.4. The molecular formula is C28H32F5O. The molecule has 2 aliphatic carbocycles. The molecule has 0 atom stereocenters.